The molecule has 2 aliphatic rings. The maximum Gasteiger partial charge on any atom is 0.0931 e. The molecule has 3 rings (SSSR count). The van der Waals surface area contributed by atoms with Gasteiger partial charge in [0.05, 0.1) is 23.0 Å². The van der Waals surface area contributed by atoms with Crippen LogP contribution in [0.25, 0.3) is 0 Å². The lowest BCUT2D eigenvalue weighted by Crippen LogP contribution is -2.60. The highest BCUT2D eigenvalue weighted by Gasteiger charge is 2.62. The normalized spacial score (nSPS) is 27.0. The van der Waals surface area contributed by atoms with Crippen LogP contribution in [-0.2, 0) is 10.2 Å². The Hall–Kier alpha value is -0.0900. The molecule has 1 aliphatic carbocycles. The van der Waals surface area contributed by atoms with Crippen LogP contribution < -0.4 is 5.73 Å². The number of hydrogen-bond donors (Lipinski definition) is 1. The number of hydrogen-bond acceptors (Lipinski definition) is 3. The molecular weight excluding hydrogens is 218 g/mol. The number of rotatable bonds is 2. The quantitative estimate of drug-likeness (QED) is 0.844. The third-order valence-electron chi connectivity index (χ3n) is 3.48. The molecule has 0 spiro atoms. The fourth-order valence-corrected chi connectivity index (χ4v) is 3.48. The number of halogens is 1. The molecule has 1 aromatic rings. The Morgan fingerprint density at radius 2 is 2.07 bits per heavy atom. The molecule has 1 saturated carbocycles. The van der Waals surface area contributed by atoms with E-state index in [1.807, 2.05) is 6.07 Å². The fourth-order valence-electron chi connectivity index (χ4n) is 2.17. The summed E-state index contributed by atoms with van der Waals surface area (Å²) in [5.41, 5.74) is 6.37. The molecule has 1 aliphatic heterocycles. The van der Waals surface area contributed by atoms with Crippen molar-refractivity contribution in [1.82, 2.24) is 0 Å². The molecular formula is C10H12ClNOS. The highest BCUT2D eigenvalue weighted by atomic mass is 35.5. The molecule has 1 aromatic heterocycles. The van der Waals surface area contributed by atoms with Crippen molar-refractivity contribution in [2.75, 3.05) is 13.2 Å². The zero-order chi connectivity index (χ0) is 9.81. The summed E-state index contributed by atoms with van der Waals surface area (Å²) in [6.45, 7) is 1.53. The monoisotopic (exact) mass is 229 g/mol. The molecule has 0 atom stereocenters. The molecule has 0 bridgehead atoms. The molecule has 14 heavy (non-hydrogen) atoms. The Labute approximate surface area is 92.0 Å². The zero-order valence-corrected chi connectivity index (χ0v) is 9.33. The van der Waals surface area contributed by atoms with E-state index in [-0.39, 0.29) is 11.0 Å². The van der Waals surface area contributed by atoms with Crippen molar-refractivity contribution < 1.29 is 4.74 Å². The van der Waals surface area contributed by atoms with Gasteiger partial charge in [-0.3, -0.25) is 0 Å². The van der Waals surface area contributed by atoms with Crippen LogP contribution in [0.4, 0.5) is 0 Å². The lowest BCUT2D eigenvalue weighted by atomic mass is 9.75. The summed E-state index contributed by atoms with van der Waals surface area (Å²) >= 11 is 7.60. The van der Waals surface area contributed by atoms with Gasteiger partial charge in [0.1, 0.15) is 0 Å². The molecule has 0 unspecified atom stereocenters. The summed E-state index contributed by atoms with van der Waals surface area (Å²) in [7, 11) is 0. The van der Waals surface area contributed by atoms with Crippen molar-refractivity contribution in [1.29, 1.82) is 0 Å². The summed E-state index contributed by atoms with van der Waals surface area (Å²) in [6, 6.07) is 4.05. The number of nitrogens with two attached hydrogens (primary N) is 1. The van der Waals surface area contributed by atoms with Crippen LogP contribution in [0.2, 0.25) is 4.34 Å². The minimum Gasteiger partial charge on any atom is -0.379 e. The predicted molar refractivity (Wildman–Crippen MR) is 58.0 cm³/mol. The summed E-state index contributed by atoms with van der Waals surface area (Å²) in [5, 5.41) is 0. The van der Waals surface area contributed by atoms with Gasteiger partial charge in [-0.2, -0.15) is 0 Å². The molecule has 0 radical (unpaired) electrons. The van der Waals surface area contributed by atoms with E-state index >= 15 is 0 Å². The van der Waals surface area contributed by atoms with E-state index in [2.05, 4.69) is 6.07 Å². The molecule has 0 aromatic carbocycles. The van der Waals surface area contributed by atoms with E-state index in [9.17, 15) is 0 Å². The highest BCUT2D eigenvalue weighted by molar-refractivity contribution is 7.16. The van der Waals surface area contributed by atoms with Crippen LogP contribution >= 0.6 is 22.9 Å². The third-order valence-corrected chi connectivity index (χ3v) is 4.92. The average Bonchev–Trinajstić information content (AvgIpc) is 2.63. The van der Waals surface area contributed by atoms with Gasteiger partial charge >= 0.3 is 0 Å². The molecule has 0 amide bonds. The SMILES string of the molecule is NC1(C2(c3ccc(Cl)s3)COC2)CC1. The Morgan fingerprint density at radius 1 is 1.36 bits per heavy atom. The Morgan fingerprint density at radius 3 is 2.43 bits per heavy atom. The lowest BCUT2D eigenvalue weighted by Gasteiger charge is -2.45. The van der Waals surface area contributed by atoms with Gasteiger partial charge < -0.3 is 10.5 Å². The first-order valence-corrected chi connectivity index (χ1v) is 5.98. The van der Waals surface area contributed by atoms with Gasteiger partial charge in [0.25, 0.3) is 0 Å². The maximum absolute atomic E-state index is 6.31. The second kappa shape index (κ2) is 2.73. The van der Waals surface area contributed by atoms with Crippen LogP contribution in [-0.4, -0.2) is 18.8 Å². The van der Waals surface area contributed by atoms with Gasteiger partial charge in [0, 0.05) is 10.4 Å². The molecule has 2 N–H and O–H groups in total. The van der Waals surface area contributed by atoms with E-state index in [0.717, 1.165) is 30.4 Å². The van der Waals surface area contributed by atoms with Gasteiger partial charge in [-0.25, -0.2) is 0 Å². The topological polar surface area (TPSA) is 35.2 Å². The largest absolute Gasteiger partial charge is 0.379 e. The highest BCUT2D eigenvalue weighted by Crippen LogP contribution is 2.55. The van der Waals surface area contributed by atoms with Gasteiger partial charge in [-0.05, 0) is 25.0 Å². The van der Waals surface area contributed by atoms with Crippen LogP contribution in [0, 0.1) is 0 Å². The predicted octanol–water partition coefficient (Wildman–Crippen LogP) is 2.16. The Bertz CT molecular complexity index is 368. The van der Waals surface area contributed by atoms with Gasteiger partial charge in [-0.15, -0.1) is 11.3 Å². The van der Waals surface area contributed by atoms with Gasteiger partial charge in [0.15, 0.2) is 0 Å². The van der Waals surface area contributed by atoms with Crippen molar-refractivity contribution in [3.63, 3.8) is 0 Å². The van der Waals surface area contributed by atoms with E-state index in [4.69, 9.17) is 22.1 Å². The maximum atomic E-state index is 6.31. The second-order valence-corrected chi connectivity index (χ2v) is 6.05. The van der Waals surface area contributed by atoms with E-state index in [0.29, 0.717) is 0 Å². The zero-order valence-electron chi connectivity index (χ0n) is 7.75. The van der Waals surface area contributed by atoms with Gasteiger partial charge in [-0.1, -0.05) is 11.6 Å². The smallest absolute Gasteiger partial charge is 0.0931 e. The molecule has 2 fully saturated rings. The third kappa shape index (κ3) is 1.04. The summed E-state index contributed by atoms with van der Waals surface area (Å²) in [6.07, 6.45) is 2.23. The van der Waals surface area contributed by atoms with Crippen molar-refractivity contribution in [3.8, 4) is 0 Å². The van der Waals surface area contributed by atoms with Crippen molar-refractivity contribution in [2.45, 2.75) is 23.8 Å². The van der Waals surface area contributed by atoms with Crippen LogP contribution in [0.3, 0.4) is 0 Å². The Balaban J connectivity index is 2.01. The first-order valence-electron chi connectivity index (χ1n) is 4.79. The molecule has 2 nitrogen and oxygen atoms in total. The summed E-state index contributed by atoms with van der Waals surface area (Å²) in [4.78, 5) is 1.30. The Kier molecular flexibility index (Phi) is 1.78. The minimum absolute atomic E-state index is 0.0145. The van der Waals surface area contributed by atoms with Crippen molar-refractivity contribution >= 4 is 22.9 Å². The van der Waals surface area contributed by atoms with Crippen LogP contribution in [0.15, 0.2) is 12.1 Å². The number of ether oxygens (including phenoxy) is 1. The van der Waals surface area contributed by atoms with E-state index in [1.165, 1.54) is 4.88 Å². The molecule has 76 valence electrons. The second-order valence-electron chi connectivity index (χ2n) is 4.33. The lowest BCUT2D eigenvalue weighted by molar-refractivity contribution is -0.0767. The van der Waals surface area contributed by atoms with E-state index < -0.39 is 0 Å². The van der Waals surface area contributed by atoms with Crippen LogP contribution in [0.5, 0.6) is 0 Å². The first-order chi connectivity index (χ1) is 6.66. The molecule has 2 heterocycles. The van der Waals surface area contributed by atoms with Gasteiger partial charge in [0.2, 0.25) is 0 Å². The fraction of sp³-hybridized carbons (Fsp3) is 0.600. The summed E-state index contributed by atoms with van der Waals surface area (Å²) in [5.74, 6) is 0. The average molecular weight is 230 g/mol. The minimum atomic E-state index is -0.0145. The van der Waals surface area contributed by atoms with Crippen molar-refractivity contribution in [2.24, 2.45) is 5.73 Å². The van der Waals surface area contributed by atoms with E-state index in [1.54, 1.807) is 11.3 Å². The first kappa shape index (κ1) is 9.16. The van der Waals surface area contributed by atoms with Crippen molar-refractivity contribution in [3.05, 3.63) is 21.3 Å². The molecule has 4 heteroatoms. The molecule has 1 saturated heterocycles. The number of thiophene rings is 1. The summed E-state index contributed by atoms with van der Waals surface area (Å²) < 4.78 is 6.20. The van der Waals surface area contributed by atoms with Crippen LogP contribution in [0.1, 0.15) is 17.7 Å². The standard InChI is InChI=1S/C10H12ClNOS/c11-8-2-1-7(14-8)9(5-13-6-9)10(12)3-4-10/h1-2H,3-6,12H2.